The van der Waals surface area contributed by atoms with Crippen molar-refractivity contribution < 1.29 is 23.5 Å². The third-order valence-corrected chi connectivity index (χ3v) is 11.8. The molecule has 0 heterocycles. The summed E-state index contributed by atoms with van der Waals surface area (Å²) in [5.74, 6) is -1.08. The summed E-state index contributed by atoms with van der Waals surface area (Å²) in [6.45, 7) is 11.6. The highest BCUT2D eigenvalue weighted by Gasteiger charge is 2.41. The summed E-state index contributed by atoms with van der Waals surface area (Å²) in [7, 11) is -3.53. The molecule has 0 amide bonds. The lowest BCUT2D eigenvalue weighted by atomic mass is 9.85. The van der Waals surface area contributed by atoms with E-state index in [-0.39, 0.29) is 0 Å². The molecule has 0 saturated heterocycles. The lowest BCUT2D eigenvalue weighted by Crippen LogP contribution is -2.48. The Morgan fingerprint density at radius 2 is 1.68 bits per heavy atom. The quantitative estimate of drug-likeness (QED) is 0.357. The second-order valence-corrected chi connectivity index (χ2v) is 17.4. The molecule has 1 aliphatic carbocycles. The van der Waals surface area contributed by atoms with E-state index in [4.69, 9.17) is 14.0 Å². The second kappa shape index (κ2) is 9.68. The fourth-order valence-corrected chi connectivity index (χ4v) is 13.2. The standard InChI is InChI=1S/C18H34O5Si2/c1-24(2,3)23-25(4,5)16(15-9-7-6-8-10-15)13-14-22-18(21)12-11-17(19)20/h11-12,15-16H,6-10,13-14H2,1-5H3,(H,19,20). The van der Waals surface area contributed by atoms with Crippen LogP contribution in [0.3, 0.4) is 0 Å². The third kappa shape index (κ3) is 8.83. The van der Waals surface area contributed by atoms with Crippen LogP contribution in [0.25, 0.3) is 0 Å². The van der Waals surface area contributed by atoms with E-state index < -0.39 is 28.6 Å². The minimum absolute atomic E-state index is 0.329. The molecule has 1 rings (SSSR count). The minimum Gasteiger partial charge on any atom is -0.478 e. The van der Waals surface area contributed by atoms with E-state index in [0.717, 1.165) is 18.6 Å². The summed E-state index contributed by atoms with van der Waals surface area (Å²) < 4.78 is 11.9. The summed E-state index contributed by atoms with van der Waals surface area (Å²) in [5.41, 5.74) is 0.468. The van der Waals surface area contributed by atoms with E-state index >= 15 is 0 Å². The van der Waals surface area contributed by atoms with Crippen molar-refractivity contribution in [2.24, 2.45) is 5.92 Å². The highest BCUT2D eigenvalue weighted by molar-refractivity contribution is 6.85. The third-order valence-electron chi connectivity index (χ3n) is 4.72. The number of carbonyl (C=O) groups is 2. The van der Waals surface area contributed by atoms with Crippen molar-refractivity contribution in [2.75, 3.05) is 6.61 Å². The van der Waals surface area contributed by atoms with Crippen LogP contribution in [-0.4, -0.2) is 40.3 Å². The van der Waals surface area contributed by atoms with E-state index in [0.29, 0.717) is 18.1 Å². The monoisotopic (exact) mass is 386 g/mol. The lowest BCUT2D eigenvalue weighted by Gasteiger charge is -2.42. The van der Waals surface area contributed by atoms with Gasteiger partial charge in [-0.05, 0) is 50.6 Å². The molecule has 0 spiro atoms. The maximum atomic E-state index is 11.6. The number of ether oxygens (including phenoxy) is 1. The Hall–Kier alpha value is -0.926. The van der Waals surface area contributed by atoms with Crippen LogP contribution in [0.4, 0.5) is 0 Å². The van der Waals surface area contributed by atoms with E-state index in [1.165, 1.54) is 32.1 Å². The van der Waals surface area contributed by atoms with Gasteiger partial charge in [-0.15, -0.1) is 0 Å². The summed E-state index contributed by atoms with van der Waals surface area (Å²) >= 11 is 0. The molecule has 1 atom stereocenters. The first-order valence-corrected chi connectivity index (χ1v) is 15.7. The van der Waals surface area contributed by atoms with Gasteiger partial charge in [-0.2, -0.15) is 0 Å². The SMILES string of the molecule is C[Si](C)(C)O[Si](C)(C)C(CCOC(=O)C=CC(=O)O)C1CCCCC1. The van der Waals surface area contributed by atoms with Crippen LogP contribution in [-0.2, 0) is 18.4 Å². The Labute approximate surface area is 154 Å². The molecule has 1 fully saturated rings. The van der Waals surface area contributed by atoms with Gasteiger partial charge in [0.2, 0.25) is 0 Å². The van der Waals surface area contributed by atoms with Crippen LogP contribution in [0.1, 0.15) is 38.5 Å². The first kappa shape index (κ1) is 22.1. The van der Waals surface area contributed by atoms with E-state index in [9.17, 15) is 9.59 Å². The zero-order chi connectivity index (χ0) is 19.1. The highest BCUT2D eigenvalue weighted by atomic mass is 28.4. The van der Waals surface area contributed by atoms with Crippen molar-refractivity contribution in [1.29, 1.82) is 0 Å². The van der Waals surface area contributed by atoms with Gasteiger partial charge < -0.3 is 14.0 Å². The van der Waals surface area contributed by atoms with Gasteiger partial charge in [-0.3, -0.25) is 0 Å². The number of rotatable bonds is 9. The molecular formula is C18H34O5Si2. The number of esters is 1. The van der Waals surface area contributed by atoms with Gasteiger partial charge in [0.25, 0.3) is 0 Å². The Bertz CT molecular complexity index is 476. The largest absolute Gasteiger partial charge is 0.478 e. The molecule has 0 aliphatic heterocycles. The number of carboxylic acids is 1. The molecule has 0 aromatic rings. The Kier molecular flexibility index (Phi) is 8.57. The smallest absolute Gasteiger partial charge is 0.331 e. The Morgan fingerprint density at radius 1 is 1.08 bits per heavy atom. The number of hydrogen-bond donors (Lipinski definition) is 1. The van der Waals surface area contributed by atoms with Crippen molar-refractivity contribution in [3.05, 3.63) is 12.2 Å². The van der Waals surface area contributed by atoms with Crippen molar-refractivity contribution >= 4 is 28.6 Å². The molecule has 1 N–H and O–H groups in total. The summed E-state index contributed by atoms with van der Waals surface area (Å²) in [4.78, 5) is 22.1. The average molecular weight is 387 g/mol. The first-order valence-electron chi connectivity index (χ1n) is 9.29. The van der Waals surface area contributed by atoms with Crippen LogP contribution >= 0.6 is 0 Å². The molecule has 7 heteroatoms. The molecule has 0 aromatic carbocycles. The van der Waals surface area contributed by atoms with E-state index in [1.54, 1.807) is 0 Å². The lowest BCUT2D eigenvalue weighted by molar-refractivity contribution is -0.139. The number of carboxylic acid groups (broad SMARTS) is 1. The Balaban J connectivity index is 2.71. The zero-order valence-corrected chi connectivity index (χ0v) is 18.3. The Morgan fingerprint density at radius 3 is 2.20 bits per heavy atom. The number of aliphatic carboxylic acids is 1. The van der Waals surface area contributed by atoms with E-state index in [2.05, 4.69) is 32.7 Å². The van der Waals surface area contributed by atoms with Gasteiger partial charge in [-0.1, -0.05) is 32.1 Å². The number of hydrogen-bond acceptors (Lipinski definition) is 4. The van der Waals surface area contributed by atoms with Gasteiger partial charge in [0, 0.05) is 12.2 Å². The molecule has 1 saturated carbocycles. The van der Waals surface area contributed by atoms with Gasteiger partial charge in [0.1, 0.15) is 0 Å². The second-order valence-electron chi connectivity index (χ2n) is 8.45. The van der Waals surface area contributed by atoms with Gasteiger partial charge >= 0.3 is 11.9 Å². The van der Waals surface area contributed by atoms with Crippen molar-refractivity contribution in [2.45, 2.75) is 76.8 Å². The number of carbonyl (C=O) groups excluding carboxylic acids is 1. The molecule has 1 unspecified atom stereocenters. The van der Waals surface area contributed by atoms with Crippen LogP contribution in [0.15, 0.2) is 12.2 Å². The van der Waals surface area contributed by atoms with Crippen molar-refractivity contribution in [1.82, 2.24) is 0 Å². The average Bonchev–Trinajstić information content (AvgIpc) is 2.47. The van der Waals surface area contributed by atoms with Crippen LogP contribution < -0.4 is 0 Å². The predicted molar refractivity (Wildman–Crippen MR) is 105 cm³/mol. The normalized spacial score (nSPS) is 18.3. The van der Waals surface area contributed by atoms with Crippen molar-refractivity contribution in [3.8, 4) is 0 Å². The summed E-state index contributed by atoms with van der Waals surface area (Å²) in [6.07, 6.45) is 8.94. The van der Waals surface area contributed by atoms with E-state index in [1.807, 2.05) is 0 Å². The molecule has 0 aromatic heterocycles. The molecule has 25 heavy (non-hydrogen) atoms. The highest BCUT2D eigenvalue weighted by Crippen LogP contribution is 2.43. The molecular weight excluding hydrogens is 352 g/mol. The van der Waals surface area contributed by atoms with Gasteiger partial charge in [0.15, 0.2) is 16.6 Å². The van der Waals surface area contributed by atoms with Gasteiger partial charge in [-0.25, -0.2) is 9.59 Å². The molecule has 5 nitrogen and oxygen atoms in total. The fraction of sp³-hybridized carbons (Fsp3) is 0.778. The fourth-order valence-electron chi connectivity index (χ4n) is 4.03. The van der Waals surface area contributed by atoms with Crippen molar-refractivity contribution in [3.63, 3.8) is 0 Å². The molecule has 144 valence electrons. The summed E-state index contributed by atoms with van der Waals surface area (Å²) in [6, 6.07) is 0. The summed E-state index contributed by atoms with van der Waals surface area (Å²) in [5, 5.41) is 8.56. The molecule has 0 radical (unpaired) electrons. The van der Waals surface area contributed by atoms with Crippen LogP contribution in [0, 0.1) is 5.92 Å². The van der Waals surface area contributed by atoms with Crippen LogP contribution in [0.2, 0.25) is 38.3 Å². The molecule has 1 aliphatic rings. The first-order chi connectivity index (χ1) is 11.5. The maximum absolute atomic E-state index is 11.6. The topological polar surface area (TPSA) is 72.8 Å². The maximum Gasteiger partial charge on any atom is 0.331 e. The van der Waals surface area contributed by atoms with Crippen LogP contribution in [0.5, 0.6) is 0 Å². The van der Waals surface area contributed by atoms with Gasteiger partial charge in [0.05, 0.1) is 6.61 Å². The predicted octanol–water partition coefficient (Wildman–Crippen LogP) is 4.57. The molecule has 0 bridgehead atoms. The zero-order valence-electron chi connectivity index (χ0n) is 16.3. The minimum atomic E-state index is -1.91.